The van der Waals surface area contributed by atoms with Crippen molar-refractivity contribution in [3.8, 4) is 5.75 Å². The lowest BCUT2D eigenvalue weighted by atomic mass is 10.3. The Labute approximate surface area is 166 Å². The van der Waals surface area contributed by atoms with E-state index in [1.54, 1.807) is 20.2 Å². The van der Waals surface area contributed by atoms with Crippen molar-refractivity contribution in [1.82, 2.24) is 15.5 Å². The average molecular weight is 469 g/mol. The Kier molecular flexibility index (Phi) is 11.6. The number of ether oxygens (including phenoxy) is 1. The number of nitrogens with zero attached hydrogens (tertiary/aromatic N) is 2. The lowest BCUT2D eigenvalue weighted by Crippen LogP contribution is -2.42. The van der Waals surface area contributed by atoms with Crippen molar-refractivity contribution in [1.29, 1.82) is 0 Å². The molecule has 0 spiro atoms. The predicted octanol–water partition coefficient (Wildman–Crippen LogP) is 2.37. The number of hydrogen-bond acceptors (Lipinski definition) is 3. The number of benzene rings is 1. The van der Waals surface area contributed by atoms with Gasteiger partial charge in [0, 0.05) is 20.6 Å². The summed E-state index contributed by atoms with van der Waals surface area (Å²) in [6, 6.07) is 7.35. The minimum atomic E-state index is -0.108. The van der Waals surface area contributed by atoms with Crippen LogP contribution < -0.4 is 15.4 Å². The van der Waals surface area contributed by atoms with Crippen LogP contribution in [0.1, 0.15) is 13.8 Å². The molecule has 0 aliphatic heterocycles. The van der Waals surface area contributed by atoms with Crippen molar-refractivity contribution in [2.24, 2.45) is 4.99 Å². The topological polar surface area (TPSA) is 66.0 Å². The van der Waals surface area contributed by atoms with Crippen LogP contribution in [-0.4, -0.2) is 56.6 Å². The zero-order valence-corrected chi connectivity index (χ0v) is 17.6. The number of guanidine groups is 1. The smallest absolute Gasteiger partial charge is 0.243 e. The zero-order valence-electron chi connectivity index (χ0n) is 14.5. The molecule has 1 atom stereocenters. The van der Waals surface area contributed by atoms with Gasteiger partial charge < -0.3 is 20.3 Å². The highest BCUT2D eigenvalue weighted by Gasteiger charge is 2.09. The maximum Gasteiger partial charge on any atom is 0.243 e. The summed E-state index contributed by atoms with van der Waals surface area (Å²) in [5.41, 5.74) is 0. The normalized spacial score (nSPS) is 12.0. The molecule has 1 unspecified atom stereocenters. The first-order valence-electron chi connectivity index (χ1n) is 7.57. The molecule has 1 aromatic carbocycles. The van der Waals surface area contributed by atoms with Crippen molar-refractivity contribution >= 4 is 47.4 Å². The number of carbonyl (C=O) groups excluding carboxylic acids is 1. The molecular formula is C16H26ClIN4O2. The number of halogens is 2. The maximum atomic E-state index is 11.6. The number of likely N-dealkylation sites (N-methyl/N-ethyl adjacent to an activating group) is 1. The Morgan fingerprint density at radius 3 is 2.58 bits per heavy atom. The Morgan fingerprint density at radius 2 is 2.00 bits per heavy atom. The van der Waals surface area contributed by atoms with Crippen molar-refractivity contribution in [2.75, 3.05) is 33.7 Å². The molecule has 0 aliphatic rings. The van der Waals surface area contributed by atoms with E-state index in [4.69, 9.17) is 16.3 Å². The Bertz CT molecular complexity index is 541. The van der Waals surface area contributed by atoms with Crippen LogP contribution in [0.5, 0.6) is 5.75 Å². The number of para-hydroxylation sites is 1. The van der Waals surface area contributed by atoms with Gasteiger partial charge in [-0.2, -0.15) is 0 Å². The minimum Gasteiger partial charge on any atom is -0.487 e. The predicted molar refractivity (Wildman–Crippen MR) is 110 cm³/mol. The van der Waals surface area contributed by atoms with Gasteiger partial charge in [0.05, 0.1) is 11.6 Å². The highest BCUT2D eigenvalue weighted by Crippen LogP contribution is 2.23. The third-order valence-corrected chi connectivity index (χ3v) is 3.25. The van der Waals surface area contributed by atoms with E-state index in [9.17, 15) is 4.79 Å². The molecule has 0 saturated heterocycles. The van der Waals surface area contributed by atoms with Gasteiger partial charge in [0.2, 0.25) is 5.91 Å². The summed E-state index contributed by atoms with van der Waals surface area (Å²) in [4.78, 5) is 17.4. The van der Waals surface area contributed by atoms with Crippen molar-refractivity contribution in [2.45, 2.75) is 20.0 Å². The van der Waals surface area contributed by atoms with Crippen LogP contribution >= 0.6 is 35.6 Å². The van der Waals surface area contributed by atoms with Crippen LogP contribution in [0.15, 0.2) is 29.3 Å². The summed E-state index contributed by atoms with van der Waals surface area (Å²) in [5.74, 6) is 1.17. The molecule has 1 aromatic rings. The molecule has 0 aliphatic carbocycles. The molecule has 136 valence electrons. The highest BCUT2D eigenvalue weighted by molar-refractivity contribution is 14.0. The fraction of sp³-hybridized carbons (Fsp3) is 0.500. The van der Waals surface area contributed by atoms with Gasteiger partial charge in [-0.25, -0.2) is 4.99 Å². The first-order chi connectivity index (χ1) is 10.9. The SMILES string of the molecule is CCNC(=NCC(=O)N(C)C)NCC(C)Oc1ccccc1Cl.I. The third kappa shape index (κ3) is 8.58. The molecule has 0 heterocycles. The quantitative estimate of drug-likeness (QED) is 0.366. The van der Waals surface area contributed by atoms with Crippen molar-refractivity contribution in [3.63, 3.8) is 0 Å². The number of rotatable bonds is 7. The van der Waals surface area contributed by atoms with Crippen LogP contribution in [-0.2, 0) is 4.79 Å². The summed E-state index contributed by atoms with van der Waals surface area (Å²) in [6.07, 6.45) is -0.108. The Hall–Kier alpha value is -1.22. The summed E-state index contributed by atoms with van der Waals surface area (Å²) >= 11 is 6.07. The molecular weight excluding hydrogens is 443 g/mol. The van der Waals surface area contributed by atoms with Gasteiger partial charge in [-0.1, -0.05) is 23.7 Å². The molecule has 0 fully saturated rings. The molecule has 2 N–H and O–H groups in total. The number of carbonyl (C=O) groups is 1. The van der Waals surface area contributed by atoms with Crippen molar-refractivity contribution in [3.05, 3.63) is 29.3 Å². The fourth-order valence-corrected chi connectivity index (χ4v) is 1.85. The summed E-state index contributed by atoms with van der Waals surface area (Å²) in [7, 11) is 3.41. The van der Waals surface area contributed by atoms with Crippen LogP contribution in [0.3, 0.4) is 0 Å². The fourth-order valence-electron chi connectivity index (χ4n) is 1.67. The van der Waals surface area contributed by atoms with E-state index < -0.39 is 0 Å². The van der Waals surface area contributed by atoms with Gasteiger partial charge in [-0.05, 0) is 26.0 Å². The molecule has 8 heteroatoms. The molecule has 1 rings (SSSR count). The molecule has 0 saturated carbocycles. The number of amides is 1. The van der Waals surface area contributed by atoms with Crippen LogP contribution in [0.2, 0.25) is 5.02 Å². The maximum absolute atomic E-state index is 11.6. The molecule has 1 amide bonds. The summed E-state index contributed by atoms with van der Waals surface area (Å²) in [6.45, 7) is 5.25. The van der Waals surface area contributed by atoms with E-state index in [1.807, 2.05) is 32.0 Å². The van der Waals surface area contributed by atoms with Gasteiger partial charge in [0.15, 0.2) is 5.96 Å². The zero-order chi connectivity index (χ0) is 17.2. The van der Waals surface area contributed by atoms with E-state index in [2.05, 4.69) is 15.6 Å². The van der Waals surface area contributed by atoms with Gasteiger partial charge in [0.1, 0.15) is 18.4 Å². The van der Waals surface area contributed by atoms with Crippen LogP contribution in [0, 0.1) is 0 Å². The van der Waals surface area contributed by atoms with Crippen LogP contribution in [0.25, 0.3) is 0 Å². The monoisotopic (exact) mass is 468 g/mol. The standard InChI is InChI=1S/C16H25ClN4O2.HI/c1-5-18-16(20-11-15(22)21(3)4)19-10-12(2)23-14-9-7-6-8-13(14)17;/h6-9,12H,5,10-11H2,1-4H3,(H2,18,19,20);1H. The van der Waals surface area contributed by atoms with E-state index in [-0.39, 0.29) is 42.5 Å². The van der Waals surface area contributed by atoms with E-state index in [0.717, 1.165) is 0 Å². The first-order valence-corrected chi connectivity index (χ1v) is 7.95. The third-order valence-electron chi connectivity index (χ3n) is 2.94. The summed E-state index contributed by atoms with van der Waals surface area (Å²) in [5, 5.41) is 6.83. The molecule has 0 radical (unpaired) electrons. The molecule has 0 aromatic heterocycles. The molecule has 0 bridgehead atoms. The number of nitrogens with one attached hydrogen (secondary N) is 2. The second-order valence-corrected chi connectivity index (χ2v) is 5.63. The Morgan fingerprint density at radius 1 is 1.33 bits per heavy atom. The van der Waals surface area contributed by atoms with Gasteiger partial charge >= 0.3 is 0 Å². The lowest BCUT2D eigenvalue weighted by molar-refractivity contribution is -0.127. The molecule has 6 nitrogen and oxygen atoms in total. The van der Waals surface area contributed by atoms with Gasteiger partial charge in [0.25, 0.3) is 0 Å². The number of hydrogen-bond donors (Lipinski definition) is 2. The van der Waals surface area contributed by atoms with E-state index in [1.165, 1.54) is 4.90 Å². The second-order valence-electron chi connectivity index (χ2n) is 5.22. The minimum absolute atomic E-state index is 0. The highest BCUT2D eigenvalue weighted by atomic mass is 127. The van der Waals surface area contributed by atoms with E-state index in [0.29, 0.717) is 29.8 Å². The average Bonchev–Trinajstić information content (AvgIpc) is 2.51. The van der Waals surface area contributed by atoms with Gasteiger partial charge in [-0.3, -0.25) is 4.79 Å². The van der Waals surface area contributed by atoms with Crippen molar-refractivity contribution < 1.29 is 9.53 Å². The van der Waals surface area contributed by atoms with Gasteiger partial charge in [-0.15, -0.1) is 24.0 Å². The largest absolute Gasteiger partial charge is 0.487 e. The lowest BCUT2D eigenvalue weighted by Gasteiger charge is -2.18. The first kappa shape index (κ1) is 22.8. The van der Waals surface area contributed by atoms with E-state index >= 15 is 0 Å². The second kappa shape index (κ2) is 12.2. The summed E-state index contributed by atoms with van der Waals surface area (Å²) < 4.78 is 5.79. The molecule has 24 heavy (non-hydrogen) atoms. The Balaban J connectivity index is 0.00000529. The van der Waals surface area contributed by atoms with Crippen LogP contribution in [0.4, 0.5) is 0 Å². The number of aliphatic imine (C=N–C) groups is 1.